The number of hydrogen-bond donors (Lipinski definition) is 3. The number of quaternary nitrogens is 1. The number of nitrogens with zero attached hydrogens (tertiary/aromatic N) is 1. The molecule has 7 heteroatoms. The Morgan fingerprint density at radius 3 is 2.17 bits per heavy atom. The quantitative estimate of drug-likeness (QED) is 0.409. The molecular formula is C16H29N4O3+. The topological polar surface area (TPSA) is 92.1 Å². The minimum atomic E-state index is -0.992. The van der Waals surface area contributed by atoms with Gasteiger partial charge in [-0.3, -0.25) is 25.2 Å². The molecule has 0 radical (unpaired) electrons. The molecule has 0 aliphatic carbocycles. The van der Waals surface area contributed by atoms with E-state index in [1.54, 1.807) is 4.90 Å². The summed E-state index contributed by atoms with van der Waals surface area (Å²) in [4.78, 5) is 41.0. The first-order valence-electron chi connectivity index (χ1n) is 8.48. The number of aliphatic imine (C=N–C) groups is 1. The molecule has 4 amide bonds. The Balaban J connectivity index is 2.65. The number of carbonyl (C=O) groups excluding carboxylic acids is 3. The number of carbonyl (C=O) groups is 3. The van der Waals surface area contributed by atoms with Gasteiger partial charge in [0.25, 0.3) is 0 Å². The van der Waals surface area contributed by atoms with Crippen LogP contribution >= 0.6 is 0 Å². The number of urea groups is 1. The van der Waals surface area contributed by atoms with Crippen molar-refractivity contribution in [2.45, 2.75) is 53.0 Å². The summed E-state index contributed by atoms with van der Waals surface area (Å²) < 4.78 is 0. The zero-order valence-corrected chi connectivity index (χ0v) is 14.6. The summed E-state index contributed by atoms with van der Waals surface area (Å²) in [6, 6.07) is -0.708. The van der Waals surface area contributed by atoms with Crippen LogP contribution in [0.25, 0.3) is 0 Å². The average Bonchev–Trinajstić information content (AvgIpc) is 2.49. The van der Waals surface area contributed by atoms with Crippen molar-refractivity contribution in [2.24, 2.45) is 10.9 Å². The van der Waals surface area contributed by atoms with E-state index in [-0.39, 0.29) is 6.04 Å². The number of imide groups is 2. The van der Waals surface area contributed by atoms with Crippen LogP contribution in [0.15, 0.2) is 4.99 Å². The van der Waals surface area contributed by atoms with Gasteiger partial charge >= 0.3 is 6.03 Å². The molecule has 0 spiro atoms. The fraction of sp³-hybridized carbons (Fsp3) is 0.750. The monoisotopic (exact) mass is 325 g/mol. The summed E-state index contributed by atoms with van der Waals surface area (Å²) in [6.45, 7) is 11.6. The summed E-state index contributed by atoms with van der Waals surface area (Å²) in [5, 5.41) is 4.25. The molecule has 0 saturated carbocycles. The summed E-state index contributed by atoms with van der Waals surface area (Å²) in [6.07, 6.45) is 2.48. The summed E-state index contributed by atoms with van der Waals surface area (Å²) in [5.41, 5.74) is 0.537. The van der Waals surface area contributed by atoms with Crippen LogP contribution in [0.5, 0.6) is 0 Å². The minimum absolute atomic E-state index is 0.0538. The van der Waals surface area contributed by atoms with Crippen molar-refractivity contribution < 1.29 is 19.3 Å². The fourth-order valence-electron chi connectivity index (χ4n) is 2.79. The molecule has 0 bridgehead atoms. The molecule has 1 rings (SSSR count). The highest BCUT2D eigenvalue weighted by molar-refractivity contribution is 6.27. The van der Waals surface area contributed by atoms with E-state index >= 15 is 0 Å². The number of nitrogens with one attached hydrogen (secondary N) is 3. The van der Waals surface area contributed by atoms with Gasteiger partial charge in [-0.1, -0.05) is 6.92 Å². The molecule has 3 N–H and O–H groups in total. The molecule has 1 heterocycles. The normalized spacial score (nSPS) is 18.1. The molecule has 0 aromatic heterocycles. The summed E-state index contributed by atoms with van der Waals surface area (Å²) >= 11 is 0. The predicted molar refractivity (Wildman–Crippen MR) is 88.5 cm³/mol. The van der Waals surface area contributed by atoms with Gasteiger partial charge in [-0.2, -0.15) is 0 Å². The second kappa shape index (κ2) is 9.39. The SMILES string of the molecule is CCC(=N[C@@H](C)CCC[NH+](CC)CC)C1C(=O)NC(=O)NC1=O. The van der Waals surface area contributed by atoms with Gasteiger partial charge in [-0.15, -0.1) is 0 Å². The summed E-state index contributed by atoms with van der Waals surface area (Å²) in [7, 11) is 0. The van der Waals surface area contributed by atoms with Crippen LogP contribution in [0.4, 0.5) is 4.79 Å². The van der Waals surface area contributed by atoms with Crippen molar-refractivity contribution in [2.75, 3.05) is 19.6 Å². The van der Waals surface area contributed by atoms with Gasteiger partial charge in [0.2, 0.25) is 11.8 Å². The molecule has 0 aromatic rings. The van der Waals surface area contributed by atoms with Gasteiger partial charge in [0, 0.05) is 11.8 Å². The molecule has 130 valence electrons. The highest BCUT2D eigenvalue weighted by Gasteiger charge is 2.37. The van der Waals surface area contributed by atoms with Crippen molar-refractivity contribution in [3.63, 3.8) is 0 Å². The van der Waals surface area contributed by atoms with Crippen molar-refractivity contribution in [3.8, 4) is 0 Å². The van der Waals surface area contributed by atoms with Crippen LogP contribution in [0.1, 0.15) is 47.0 Å². The van der Waals surface area contributed by atoms with Gasteiger partial charge in [0.05, 0.1) is 19.6 Å². The number of hydrogen-bond acceptors (Lipinski definition) is 4. The van der Waals surface area contributed by atoms with Crippen LogP contribution in [0, 0.1) is 5.92 Å². The van der Waals surface area contributed by atoms with E-state index in [0.29, 0.717) is 12.1 Å². The van der Waals surface area contributed by atoms with E-state index in [1.807, 2.05) is 13.8 Å². The predicted octanol–water partition coefficient (Wildman–Crippen LogP) is -0.0870. The Kier molecular flexibility index (Phi) is 7.88. The number of rotatable bonds is 9. The highest BCUT2D eigenvalue weighted by Crippen LogP contribution is 2.11. The number of barbiturate groups is 1. The van der Waals surface area contributed by atoms with Gasteiger partial charge < -0.3 is 4.90 Å². The standard InChI is InChI=1S/C16H28N4O3/c1-5-12(13-14(21)18-16(23)19-15(13)22)17-11(4)9-8-10-20(6-2)7-3/h11,13H,5-10H2,1-4H3,(H2,18,19,21,22,23)/p+1/t11-/m0/s1. The Morgan fingerprint density at radius 1 is 1.13 bits per heavy atom. The molecule has 0 aromatic carbocycles. The number of amides is 4. The Morgan fingerprint density at radius 2 is 1.70 bits per heavy atom. The first-order valence-corrected chi connectivity index (χ1v) is 8.48. The fourth-order valence-corrected chi connectivity index (χ4v) is 2.79. The van der Waals surface area contributed by atoms with Crippen molar-refractivity contribution >= 4 is 23.6 Å². The van der Waals surface area contributed by atoms with Crippen molar-refractivity contribution in [3.05, 3.63) is 0 Å². The van der Waals surface area contributed by atoms with Crippen LogP contribution in [-0.4, -0.2) is 49.2 Å². The molecule has 1 aliphatic rings. The molecule has 7 nitrogen and oxygen atoms in total. The maximum atomic E-state index is 11.9. The van der Waals surface area contributed by atoms with Crippen LogP contribution in [0.3, 0.4) is 0 Å². The molecule has 1 saturated heterocycles. The lowest BCUT2D eigenvalue weighted by atomic mass is 9.97. The second-order valence-electron chi connectivity index (χ2n) is 5.91. The minimum Gasteiger partial charge on any atom is -0.335 e. The second-order valence-corrected chi connectivity index (χ2v) is 5.91. The van der Waals surface area contributed by atoms with Gasteiger partial charge in [-0.05, 0) is 40.0 Å². The maximum Gasteiger partial charge on any atom is 0.328 e. The van der Waals surface area contributed by atoms with Gasteiger partial charge in [-0.25, -0.2) is 4.79 Å². The van der Waals surface area contributed by atoms with E-state index in [0.717, 1.165) is 32.5 Å². The lowest BCUT2D eigenvalue weighted by Gasteiger charge is -2.22. The maximum absolute atomic E-state index is 11.9. The average molecular weight is 325 g/mol. The lowest BCUT2D eigenvalue weighted by molar-refractivity contribution is -0.896. The van der Waals surface area contributed by atoms with Crippen LogP contribution < -0.4 is 15.5 Å². The zero-order chi connectivity index (χ0) is 17.4. The van der Waals surface area contributed by atoms with Crippen LogP contribution in [0.2, 0.25) is 0 Å². The first kappa shape index (κ1) is 19.3. The van der Waals surface area contributed by atoms with Crippen molar-refractivity contribution in [1.82, 2.24) is 10.6 Å². The first-order chi connectivity index (χ1) is 10.9. The lowest BCUT2D eigenvalue weighted by Crippen LogP contribution is -3.11. The molecule has 0 unspecified atom stereocenters. The third-order valence-electron chi connectivity index (χ3n) is 4.23. The summed E-state index contributed by atoms with van der Waals surface area (Å²) in [5.74, 6) is -2.16. The third kappa shape index (κ3) is 5.74. The van der Waals surface area contributed by atoms with E-state index in [4.69, 9.17) is 0 Å². The molecule has 1 atom stereocenters. The Bertz CT molecular complexity index is 452. The molecule has 23 heavy (non-hydrogen) atoms. The van der Waals surface area contributed by atoms with Gasteiger partial charge in [0.1, 0.15) is 0 Å². The van der Waals surface area contributed by atoms with Crippen molar-refractivity contribution in [1.29, 1.82) is 0 Å². The van der Waals surface area contributed by atoms with E-state index in [9.17, 15) is 14.4 Å². The van der Waals surface area contributed by atoms with E-state index < -0.39 is 23.8 Å². The largest absolute Gasteiger partial charge is 0.335 e. The van der Waals surface area contributed by atoms with E-state index in [2.05, 4.69) is 29.5 Å². The van der Waals surface area contributed by atoms with Crippen LogP contribution in [-0.2, 0) is 9.59 Å². The Labute approximate surface area is 137 Å². The zero-order valence-electron chi connectivity index (χ0n) is 14.6. The molecule has 1 aliphatic heterocycles. The molecule has 1 fully saturated rings. The third-order valence-corrected chi connectivity index (χ3v) is 4.23. The van der Waals surface area contributed by atoms with Gasteiger partial charge in [0.15, 0.2) is 5.92 Å². The smallest absolute Gasteiger partial charge is 0.328 e. The Hall–Kier alpha value is -1.76. The molecular weight excluding hydrogens is 296 g/mol. The highest BCUT2D eigenvalue weighted by atomic mass is 16.2. The van der Waals surface area contributed by atoms with E-state index in [1.165, 1.54) is 0 Å².